The zero-order valence-corrected chi connectivity index (χ0v) is 17.0. The number of nitrogens with one attached hydrogen (secondary N) is 3. The van der Waals surface area contributed by atoms with Gasteiger partial charge in [0.2, 0.25) is 11.8 Å². The number of benzene rings is 1. The van der Waals surface area contributed by atoms with Gasteiger partial charge in [-0.1, -0.05) is 12.1 Å². The highest BCUT2D eigenvalue weighted by Gasteiger charge is 2.27. The van der Waals surface area contributed by atoms with Crippen molar-refractivity contribution in [3.63, 3.8) is 0 Å². The monoisotopic (exact) mass is 389 g/mol. The van der Waals surface area contributed by atoms with Gasteiger partial charge in [-0.3, -0.25) is 14.9 Å². The van der Waals surface area contributed by atoms with Crippen LogP contribution in [0.15, 0.2) is 24.3 Å². The molecule has 1 aliphatic rings. The molecule has 0 saturated carbocycles. The summed E-state index contributed by atoms with van der Waals surface area (Å²) in [7, 11) is 0. The fourth-order valence-corrected chi connectivity index (χ4v) is 3.01. The van der Waals surface area contributed by atoms with Crippen LogP contribution in [0, 0.1) is 0 Å². The summed E-state index contributed by atoms with van der Waals surface area (Å²) >= 11 is 0. The molecule has 1 heterocycles. The molecular formula is C21H31N3O4. The third-order valence-corrected chi connectivity index (χ3v) is 4.40. The first-order valence-electron chi connectivity index (χ1n) is 9.89. The van der Waals surface area contributed by atoms with Crippen LogP contribution >= 0.6 is 0 Å². The van der Waals surface area contributed by atoms with E-state index in [9.17, 15) is 14.4 Å². The highest BCUT2D eigenvalue weighted by atomic mass is 16.6. The zero-order valence-electron chi connectivity index (χ0n) is 17.0. The van der Waals surface area contributed by atoms with Crippen molar-refractivity contribution in [2.75, 3.05) is 18.4 Å². The molecule has 0 spiro atoms. The predicted octanol–water partition coefficient (Wildman–Crippen LogP) is 3.31. The minimum Gasteiger partial charge on any atom is -0.444 e. The Kier molecular flexibility index (Phi) is 7.84. The molecule has 3 amide bonds. The number of ether oxygens (including phenoxy) is 1. The van der Waals surface area contributed by atoms with Crippen LogP contribution in [-0.4, -0.2) is 36.6 Å². The molecular weight excluding hydrogens is 358 g/mol. The molecule has 1 aromatic rings. The molecule has 1 fully saturated rings. The van der Waals surface area contributed by atoms with Gasteiger partial charge in [0, 0.05) is 25.2 Å². The Balaban J connectivity index is 1.60. The molecule has 0 aliphatic carbocycles. The quantitative estimate of drug-likeness (QED) is 0.468. The fraction of sp³-hybridized carbons (Fsp3) is 0.571. The lowest BCUT2D eigenvalue weighted by atomic mass is 9.90. The van der Waals surface area contributed by atoms with Crippen molar-refractivity contribution in [3.8, 4) is 0 Å². The van der Waals surface area contributed by atoms with Crippen molar-refractivity contribution >= 4 is 23.6 Å². The zero-order chi connectivity index (χ0) is 20.6. The second-order valence-corrected chi connectivity index (χ2v) is 8.04. The number of rotatable bonds is 8. The Morgan fingerprint density at radius 3 is 2.43 bits per heavy atom. The predicted molar refractivity (Wildman–Crippen MR) is 108 cm³/mol. The lowest BCUT2D eigenvalue weighted by molar-refractivity contribution is -0.134. The van der Waals surface area contributed by atoms with E-state index in [0.717, 1.165) is 37.1 Å². The molecule has 7 heteroatoms. The first-order valence-corrected chi connectivity index (χ1v) is 9.89. The lowest BCUT2D eigenvalue weighted by Gasteiger charge is -2.21. The minimum atomic E-state index is -0.470. The maximum atomic E-state index is 11.9. The topological polar surface area (TPSA) is 96.5 Å². The molecule has 1 atom stereocenters. The van der Waals surface area contributed by atoms with E-state index in [0.29, 0.717) is 19.4 Å². The van der Waals surface area contributed by atoms with E-state index in [4.69, 9.17) is 4.74 Å². The third-order valence-electron chi connectivity index (χ3n) is 4.40. The maximum absolute atomic E-state index is 11.9. The number of carbonyl (C=O) groups excluding carboxylic acids is 3. The van der Waals surface area contributed by atoms with Crippen molar-refractivity contribution < 1.29 is 19.1 Å². The number of anilines is 1. The Morgan fingerprint density at radius 1 is 1.11 bits per heavy atom. The largest absolute Gasteiger partial charge is 0.444 e. The Morgan fingerprint density at radius 2 is 1.79 bits per heavy atom. The normalized spacial score (nSPS) is 17.0. The van der Waals surface area contributed by atoms with E-state index >= 15 is 0 Å². The average molecular weight is 389 g/mol. The Bertz CT molecular complexity index is 680. The Labute approximate surface area is 166 Å². The smallest absolute Gasteiger partial charge is 0.407 e. The maximum Gasteiger partial charge on any atom is 0.407 e. The summed E-state index contributed by atoms with van der Waals surface area (Å²) in [5.41, 5.74) is 1.47. The van der Waals surface area contributed by atoms with Crippen molar-refractivity contribution in [3.05, 3.63) is 29.8 Å². The van der Waals surface area contributed by atoms with Gasteiger partial charge in [-0.15, -0.1) is 0 Å². The average Bonchev–Trinajstić information content (AvgIpc) is 2.60. The number of carbonyl (C=O) groups is 3. The second-order valence-electron chi connectivity index (χ2n) is 8.04. The summed E-state index contributed by atoms with van der Waals surface area (Å²) in [5, 5.41) is 8.50. The van der Waals surface area contributed by atoms with E-state index in [1.54, 1.807) is 0 Å². The number of hydrogen-bond donors (Lipinski definition) is 3. The molecule has 3 N–H and O–H groups in total. The van der Waals surface area contributed by atoms with Gasteiger partial charge in [0.05, 0.1) is 5.92 Å². The first-order chi connectivity index (χ1) is 13.2. The van der Waals surface area contributed by atoms with Gasteiger partial charge in [-0.05, 0) is 64.2 Å². The van der Waals surface area contributed by atoms with E-state index < -0.39 is 5.60 Å². The van der Waals surface area contributed by atoms with Crippen LogP contribution in [0.4, 0.5) is 10.5 Å². The van der Waals surface area contributed by atoms with Crippen LogP contribution < -0.4 is 16.0 Å². The van der Waals surface area contributed by atoms with Crippen LogP contribution in [-0.2, 0) is 14.3 Å². The van der Waals surface area contributed by atoms with Crippen molar-refractivity contribution in [2.45, 2.75) is 64.4 Å². The van der Waals surface area contributed by atoms with Gasteiger partial charge in [0.25, 0.3) is 0 Å². The summed E-state index contributed by atoms with van der Waals surface area (Å²) in [5.74, 6) is -0.651. The number of piperidine rings is 1. The summed E-state index contributed by atoms with van der Waals surface area (Å²) in [4.78, 5) is 34.7. The van der Waals surface area contributed by atoms with Crippen LogP contribution in [0.3, 0.4) is 0 Å². The SMILES string of the molecule is CC(C)(C)OC(=O)NCCCCCNc1ccc(C2CCC(=O)NC2=O)cc1. The highest BCUT2D eigenvalue weighted by Crippen LogP contribution is 2.25. The molecule has 0 radical (unpaired) electrons. The number of alkyl carbamates (subject to hydrolysis) is 1. The number of unbranched alkanes of at least 4 members (excludes halogenated alkanes) is 2. The van der Waals surface area contributed by atoms with Gasteiger partial charge in [-0.2, -0.15) is 0 Å². The fourth-order valence-electron chi connectivity index (χ4n) is 3.01. The molecule has 7 nitrogen and oxygen atoms in total. The van der Waals surface area contributed by atoms with E-state index in [1.165, 1.54) is 0 Å². The summed E-state index contributed by atoms with van der Waals surface area (Å²) < 4.78 is 5.18. The van der Waals surface area contributed by atoms with Gasteiger partial charge in [0.1, 0.15) is 5.60 Å². The molecule has 1 unspecified atom stereocenters. The van der Waals surface area contributed by atoms with Crippen molar-refractivity contribution in [1.29, 1.82) is 0 Å². The van der Waals surface area contributed by atoms with Crippen LogP contribution in [0.1, 0.15) is 64.4 Å². The highest BCUT2D eigenvalue weighted by molar-refractivity contribution is 6.00. The third kappa shape index (κ3) is 7.58. The number of hydrogen-bond acceptors (Lipinski definition) is 5. The van der Waals surface area contributed by atoms with Gasteiger partial charge < -0.3 is 15.4 Å². The molecule has 28 heavy (non-hydrogen) atoms. The second kappa shape index (κ2) is 10.1. The molecule has 1 aliphatic heterocycles. The van der Waals surface area contributed by atoms with Crippen LogP contribution in [0.2, 0.25) is 0 Å². The molecule has 2 rings (SSSR count). The van der Waals surface area contributed by atoms with Crippen molar-refractivity contribution in [2.24, 2.45) is 0 Å². The summed E-state index contributed by atoms with van der Waals surface area (Å²) in [6.07, 6.45) is 3.47. The first kappa shape index (κ1) is 21.7. The molecule has 0 aromatic heterocycles. The van der Waals surface area contributed by atoms with Gasteiger partial charge in [-0.25, -0.2) is 4.79 Å². The molecule has 154 valence electrons. The standard InChI is InChI=1S/C21H31N3O4/c1-21(2,3)28-20(27)23-14-6-4-5-13-22-16-9-7-15(8-10-16)17-11-12-18(25)24-19(17)26/h7-10,17,22H,4-6,11-14H2,1-3H3,(H,23,27)(H,24,25,26). The summed E-state index contributed by atoms with van der Waals surface area (Å²) in [6, 6.07) is 7.80. The number of amides is 3. The number of imide groups is 1. The van der Waals surface area contributed by atoms with Gasteiger partial charge >= 0.3 is 6.09 Å². The van der Waals surface area contributed by atoms with Crippen LogP contribution in [0.25, 0.3) is 0 Å². The molecule has 1 saturated heterocycles. The van der Waals surface area contributed by atoms with E-state index in [2.05, 4.69) is 16.0 Å². The van der Waals surface area contributed by atoms with Crippen molar-refractivity contribution in [1.82, 2.24) is 10.6 Å². The van der Waals surface area contributed by atoms with Crippen LogP contribution in [0.5, 0.6) is 0 Å². The van der Waals surface area contributed by atoms with E-state index in [1.807, 2.05) is 45.0 Å². The minimum absolute atomic E-state index is 0.194. The van der Waals surface area contributed by atoms with E-state index in [-0.39, 0.29) is 23.8 Å². The molecule has 0 bridgehead atoms. The van der Waals surface area contributed by atoms with Gasteiger partial charge in [0.15, 0.2) is 0 Å². The summed E-state index contributed by atoms with van der Waals surface area (Å²) in [6.45, 7) is 6.97. The Hall–Kier alpha value is -2.57. The lowest BCUT2D eigenvalue weighted by Crippen LogP contribution is -2.39. The molecule has 1 aromatic carbocycles.